The second-order valence-electron chi connectivity index (χ2n) is 10.8. The van der Waals surface area contributed by atoms with Crippen molar-refractivity contribution in [1.29, 1.82) is 0 Å². The normalized spacial score (nSPS) is 25.5. The van der Waals surface area contributed by atoms with Crippen LogP contribution in [0.5, 0.6) is 0 Å². The molecule has 2 fully saturated rings. The van der Waals surface area contributed by atoms with Crippen LogP contribution in [0.2, 0.25) is 0 Å². The third-order valence-electron chi connectivity index (χ3n) is 7.69. The SMILES string of the molecule is CC1CC(C)CN(CCc2ccc(CSc3cccc4c3CN(C3CCC(=O)NC3=O)C4)cc2)C1. The summed E-state index contributed by atoms with van der Waals surface area (Å²) in [7, 11) is 0. The number of carbonyl (C=O) groups excluding carboxylic acids is 2. The van der Waals surface area contributed by atoms with Gasteiger partial charge in [0.25, 0.3) is 0 Å². The molecule has 2 saturated heterocycles. The van der Waals surface area contributed by atoms with Gasteiger partial charge in [-0.05, 0) is 59.4 Å². The van der Waals surface area contributed by atoms with Gasteiger partial charge in [0, 0.05) is 49.8 Å². The van der Waals surface area contributed by atoms with Gasteiger partial charge in [-0.3, -0.25) is 19.8 Å². The van der Waals surface area contributed by atoms with Crippen LogP contribution in [0, 0.1) is 11.8 Å². The summed E-state index contributed by atoms with van der Waals surface area (Å²) in [6, 6.07) is 15.4. The van der Waals surface area contributed by atoms with Gasteiger partial charge in [-0.15, -0.1) is 11.8 Å². The molecule has 3 atom stereocenters. The molecule has 0 saturated carbocycles. The van der Waals surface area contributed by atoms with Crippen molar-refractivity contribution in [2.45, 2.75) is 69.3 Å². The zero-order chi connectivity index (χ0) is 24.4. The van der Waals surface area contributed by atoms with Crippen molar-refractivity contribution < 1.29 is 9.59 Å². The van der Waals surface area contributed by atoms with Crippen molar-refractivity contribution in [3.05, 3.63) is 64.7 Å². The number of piperidine rings is 2. The number of rotatable bonds is 7. The Kier molecular flexibility index (Phi) is 7.61. The topological polar surface area (TPSA) is 52.6 Å². The highest BCUT2D eigenvalue weighted by atomic mass is 32.2. The number of amides is 2. The number of imide groups is 1. The fourth-order valence-corrected chi connectivity index (χ4v) is 7.09. The summed E-state index contributed by atoms with van der Waals surface area (Å²) in [5.74, 6) is 2.27. The van der Waals surface area contributed by atoms with Crippen LogP contribution in [0.15, 0.2) is 47.4 Å². The molecule has 0 radical (unpaired) electrons. The van der Waals surface area contributed by atoms with Gasteiger partial charge in [-0.25, -0.2) is 0 Å². The quantitative estimate of drug-likeness (QED) is 0.452. The fourth-order valence-electron chi connectivity index (χ4n) is 6.03. The smallest absolute Gasteiger partial charge is 0.243 e. The lowest BCUT2D eigenvalue weighted by Crippen LogP contribution is -2.50. The first-order chi connectivity index (χ1) is 16.9. The van der Waals surface area contributed by atoms with Crippen molar-refractivity contribution >= 4 is 23.6 Å². The molecular formula is C29H37N3O2S. The Hall–Kier alpha value is -2.15. The molecule has 35 heavy (non-hydrogen) atoms. The number of fused-ring (bicyclic) bond motifs is 1. The molecule has 5 rings (SSSR count). The second kappa shape index (κ2) is 10.9. The lowest BCUT2D eigenvalue weighted by atomic mass is 9.91. The minimum atomic E-state index is -0.207. The van der Waals surface area contributed by atoms with E-state index in [1.54, 1.807) is 0 Å². The van der Waals surface area contributed by atoms with Gasteiger partial charge in [-0.1, -0.05) is 50.2 Å². The fraction of sp³-hybridized carbons (Fsp3) is 0.517. The minimum absolute atomic E-state index is 0.146. The van der Waals surface area contributed by atoms with E-state index in [4.69, 9.17) is 0 Å². The van der Waals surface area contributed by atoms with E-state index in [1.807, 2.05) is 11.8 Å². The Labute approximate surface area is 213 Å². The molecule has 6 heteroatoms. The average Bonchev–Trinajstić information content (AvgIpc) is 3.26. The molecule has 3 unspecified atom stereocenters. The molecule has 2 aromatic carbocycles. The zero-order valence-corrected chi connectivity index (χ0v) is 21.8. The summed E-state index contributed by atoms with van der Waals surface area (Å²) < 4.78 is 0. The summed E-state index contributed by atoms with van der Waals surface area (Å²) in [5, 5.41) is 2.50. The molecule has 0 aromatic heterocycles. The Morgan fingerprint density at radius 3 is 2.46 bits per heavy atom. The van der Waals surface area contributed by atoms with E-state index in [9.17, 15) is 9.59 Å². The number of thioether (sulfide) groups is 1. The van der Waals surface area contributed by atoms with Gasteiger partial charge in [0.2, 0.25) is 11.8 Å². The summed E-state index contributed by atoms with van der Waals surface area (Å²) in [5.41, 5.74) is 5.40. The van der Waals surface area contributed by atoms with Gasteiger partial charge >= 0.3 is 0 Å². The van der Waals surface area contributed by atoms with Crippen LogP contribution < -0.4 is 5.32 Å². The van der Waals surface area contributed by atoms with Gasteiger partial charge in [0.15, 0.2) is 0 Å². The van der Waals surface area contributed by atoms with Crippen LogP contribution in [-0.2, 0) is 34.9 Å². The van der Waals surface area contributed by atoms with Crippen LogP contribution >= 0.6 is 11.8 Å². The van der Waals surface area contributed by atoms with Crippen LogP contribution in [0.3, 0.4) is 0 Å². The molecule has 1 N–H and O–H groups in total. The second-order valence-corrected chi connectivity index (χ2v) is 11.8. The van der Waals surface area contributed by atoms with E-state index in [0.29, 0.717) is 12.8 Å². The molecule has 3 aliphatic rings. The number of hydrogen-bond acceptors (Lipinski definition) is 5. The third kappa shape index (κ3) is 5.99. The van der Waals surface area contributed by atoms with Crippen LogP contribution in [-0.4, -0.2) is 47.3 Å². The number of likely N-dealkylation sites (tertiary alicyclic amines) is 1. The predicted molar refractivity (Wildman–Crippen MR) is 141 cm³/mol. The first-order valence-corrected chi connectivity index (χ1v) is 14.0. The van der Waals surface area contributed by atoms with Crippen LogP contribution in [0.4, 0.5) is 0 Å². The molecule has 2 amide bonds. The van der Waals surface area contributed by atoms with Crippen molar-refractivity contribution in [2.24, 2.45) is 11.8 Å². The zero-order valence-electron chi connectivity index (χ0n) is 21.0. The highest BCUT2D eigenvalue weighted by molar-refractivity contribution is 7.98. The van der Waals surface area contributed by atoms with Crippen molar-refractivity contribution in [2.75, 3.05) is 19.6 Å². The number of nitrogens with zero attached hydrogens (tertiary/aromatic N) is 2. The molecular weight excluding hydrogens is 454 g/mol. The minimum Gasteiger partial charge on any atom is -0.302 e. The van der Waals surface area contributed by atoms with Gasteiger partial charge < -0.3 is 4.90 Å². The molecule has 0 aliphatic carbocycles. The van der Waals surface area contributed by atoms with Crippen molar-refractivity contribution in [3.63, 3.8) is 0 Å². The largest absolute Gasteiger partial charge is 0.302 e. The highest BCUT2D eigenvalue weighted by Gasteiger charge is 2.35. The number of nitrogens with one attached hydrogen (secondary N) is 1. The van der Waals surface area contributed by atoms with E-state index in [-0.39, 0.29) is 17.9 Å². The van der Waals surface area contributed by atoms with Crippen LogP contribution in [0.1, 0.15) is 55.4 Å². The summed E-state index contributed by atoms with van der Waals surface area (Å²) in [6.45, 7) is 9.94. The maximum absolute atomic E-state index is 12.3. The van der Waals surface area contributed by atoms with Gasteiger partial charge in [0.05, 0.1) is 6.04 Å². The van der Waals surface area contributed by atoms with Crippen molar-refractivity contribution in [3.8, 4) is 0 Å². The Bertz CT molecular complexity index is 1060. The molecule has 0 bridgehead atoms. The third-order valence-corrected chi connectivity index (χ3v) is 8.87. The standard InChI is InChI=1S/C29H37N3O2S/c1-20-14-21(2)16-31(15-20)13-12-22-6-8-23(9-7-22)19-35-27-5-3-4-24-17-32(18-25(24)27)26-10-11-28(33)30-29(26)34/h3-9,20-21,26H,10-19H2,1-2H3,(H,30,33,34). The summed E-state index contributed by atoms with van der Waals surface area (Å²) >= 11 is 1.88. The maximum Gasteiger partial charge on any atom is 0.243 e. The Morgan fingerprint density at radius 2 is 1.71 bits per heavy atom. The number of carbonyl (C=O) groups is 2. The maximum atomic E-state index is 12.3. The lowest BCUT2D eigenvalue weighted by molar-refractivity contribution is -0.137. The van der Waals surface area contributed by atoms with E-state index >= 15 is 0 Å². The first-order valence-electron chi connectivity index (χ1n) is 13.1. The van der Waals surface area contributed by atoms with Crippen molar-refractivity contribution in [1.82, 2.24) is 15.1 Å². The Balaban J connectivity index is 1.15. The lowest BCUT2D eigenvalue weighted by Gasteiger charge is -2.35. The van der Waals surface area contributed by atoms with Gasteiger partial charge in [0.1, 0.15) is 0 Å². The number of benzene rings is 2. The average molecular weight is 492 g/mol. The predicted octanol–water partition coefficient (Wildman–Crippen LogP) is 4.62. The summed E-state index contributed by atoms with van der Waals surface area (Å²) in [4.78, 5) is 30.0. The van der Waals surface area contributed by atoms with E-state index in [2.05, 4.69) is 71.4 Å². The van der Waals surface area contributed by atoms with E-state index < -0.39 is 0 Å². The molecule has 0 spiro atoms. The molecule has 5 nitrogen and oxygen atoms in total. The highest BCUT2D eigenvalue weighted by Crippen LogP contribution is 2.35. The van der Waals surface area contributed by atoms with E-state index in [1.165, 1.54) is 46.7 Å². The molecule has 2 aromatic rings. The Morgan fingerprint density at radius 1 is 0.971 bits per heavy atom. The van der Waals surface area contributed by atoms with Crippen LogP contribution in [0.25, 0.3) is 0 Å². The monoisotopic (exact) mass is 491 g/mol. The number of hydrogen-bond donors (Lipinski definition) is 1. The van der Waals surface area contributed by atoms with Gasteiger partial charge in [-0.2, -0.15) is 0 Å². The molecule has 3 heterocycles. The first kappa shape index (κ1) is 24.5. The van der Waals surface area contributed by atoms with E-state index in [0.717, 1.165) is 43.6 Å². The molecule has 3 aliphatic heterocycles. The molecule has 186 valence electrons. The summed E-state index contributed by atoms with van der Waals surface area (Å²) in [6.07, 6.45) is 3.53.